The highest BCUT2D eigenvalue weighted by Crippen LogP contribution is 2.50. The fraction of sp³-hybridized carbons (Fsp3) is 0.333. The van der Waals surface area contributed by atoms with E-state index < -0.39 is 0 Å². The summed E-state index contributed by atoms with van der Waals surface area (Å²) in [5, 5.41) is 0. The van der Waals surface area contributed by atoms with Crippen LogP contribution < -0.4 is 0 Å². The van der Waals surface area contributed by atoms with Crippen LogP contribution in [-0.4, -0.2) is 21.3 Å². The molecule has 0 spiro atoms. The SMILES string of the molecule is C=CCC1(CC=C)C=C(OC)C(c2ccccc2)C(OC)=C1OC. The van der Waals surface area contributed by atoms with Crippen molar-refractivity contribution in [1.82, 2.24) is 0 Å². The molecule has 1 atom stereocenters. The summed E-state index contributed by atoms with van der Waals surface area (Å²) in [4.78, 5) is 0. The molecule has 0 N–H and O–H groups in total. The maximum atomic E-state index is 5.82. The average molecular weight is 326 g/mol. The van der Waals surface area contributed by atoms with Gasteiger partial charge < -0.3 is 14.2 Å². The maximum absolute atomic E-state index is 5.82. The number of ether oxygens (including phenoxy) is 3. The van der Waals surface area contributed by atoms with Gasteiger partial charge in [0, 0.05) is 0 Å². The lowest BCUT2D eigenvalue weighted by molar-refractivity contribution is 0.126. The smallest absolute Gasteiger partial charge is 0.149 e. The molecule has 24 heavy (non-hydrogen) atoms. The fourth-order valence-electron chi connectivity index (χ4n) is 3.48. The Bertz CT molecular complexity index is 630. The van der Waals surface area contributed by atoms with E-state index >= 15 is 0 Å². The molecule has 3 heteroatoms. The first-order valence-electron chi connectivity index (χ1n) is 8.03. The first kappa shape index (κ1) is 17.9. The molecule has 2 rings (SSSR count). The zero-order valence-corrected chi connectivity index (χ0v) is 14.7. The van der Waals surface area contributed by atoms with Gasteiger partial charge in [0.1, 0.15) is 23.2 Å². The number of allylic oxidation sites excluding steroid dienone is 3. The summed E-state index contributed by atoms with van der Waals surface area (Å²) in [6, 6.07) is 10.2. The highest BCUT2D eigenvalue weighted by atomic mass is 16.5. The molecule has 0 aliphatic heterocycles. The number of methoxy groups -OCH3 is 3. The summed E-state index contributed by atoms with van der Waals surface area (Å²) in [7, 11) is 5.05. The molecule has 1 aromatic rings. The van der Waals surface area contributed by atoms with Crippen LogP contribution in [0.25, 0.3) is 0 Å². The second kappa shape index (κ2) is 7.91. The quantitative estimate of drug-likeness (QED) is 0.632. The summed E-state index contributed by atoms with van der Waals surface area (Å²) >= 11 is 0. The molecule has 0 saturated carbocycles. The summed E-state index contributed by atoms with van der Waals surface area (Å²) in [5.41, 5.74) is 0.711. The Balaban J connectivity index is 2.69. The number of hydrogen-bond donors (Lipinski definition) is 0. The Morgan fingerprint density at radius 1 is 0.958 bits per heavy atom. The zero-order chi connectivity index (χ0) is 17.6. The van der Waals surface area contributed by atoms with Crippen LogP contribution >= 0.6 is 0 Å². The van der Waals surface area contributed by atoms with E-state index in [4.69, 9.17) is 14.2 Å². The maximum Gasteiger partial charge on any atom is 0.149 e. The van der Waals surface area contributed by atoms with Gasteiger partial charge >= 0.3 is 0 Å². The molecule has 1 aliphatic rings. The van der Waals surface area contributed by atoms with Gasteiger partial charge in [0.05, 0.1) is 26.7 Å². The van der Waals surface area contributed by atoms with Gasteiger partial charge in [0.2, 0.25) is 0 Å². The van der Waals surface area contributed by atoms with Gasteiger partial charge in [0.15, 0.2) is 0 Å². The molecule has 0 heterocycles. The molecule has 0 fully saturated rings. The van der Waals surface area contributed by atoms with E-state index in [0.717, 1.165) is 22.8 Å². The largest absolute Gasteiger partial charge is 0.500 e. The highest BCUT2D eigenvalue weighted by molar-refractivity contribution is 5.43. The molecule has 1 unspecified atom stereocenters. The zero-order valence-electron chi connectivity index (χ0n) is 14.7. The molecule has 0 radical (unpaired) electrons. The third kappa shape index (κ3) is 3.12. The topological polar surface area (TPSA) is 27.7 Å². The lowest BCUT2D eigenvalue weighted by Crippen LogP contribution is -2.30. The van der Waals surface area contributed by atoms with Crippen LogP contribution in [0, 0.1) is 5.41 Å². The highest BCUT2D eigenvalue weighted by Gasteiger charge is 2.43. The van der Waals surface area contributed by atoms with Gasteiger partial charge in [-0.05, 0) is 24.5 Å². The van der Waals surface area contributed by atoms with Crippen LogP contribution in [0.15, 0.2) is 79.0 Å². The van der Waals surface area contributed by atoms with Gasteiger partial charge in [0.25, 0.3) is 0 Å². The van der Waals surface area contributed by atoms with E-state index in [2.05, 4.69) is 31.4 Å². The average Bonchev–Trinajstić information content (AvgIpc) is 2.61. The minimum absolute atomic E-state index is 0.126. The predicted octanol–water partition coefficient (Wildman–Crippen LogP) is 4.96. The summed E-state index contributed by atoms with van der Waals surface area (Å²) in [6.07, 6.45) is 7.34. The monoisotopic (exact) mass is 326 g/mol. The Labute approximate surface area is 144 Å². The van der Waals surface area contributed by atoms with E-state index in [1.54, 1.807) is 21.3 Å². The van der Waals surface area contributed by atoms with E-state index in [-0.39, 0.29) is 11.3 Å². The van der Waals surface area contributed by atoms with Crippen LogP contribution in [-0.2, 0) is 14.2 Å². The van der Waals surface area contributed by atoms with Gasteiger partial charge in [-0.2, -0.15) is 0 Å². The molecule has 1 aliphatic carbocycles. The Kier molecular flexibility index (Phi) is 5.91. The summed E-state index contributed by atoms with van der Waals surface area (Å²) in [6.45, 7) is 7.81. The first-order chi connectivity index (χ1) is 11.7. The summed E-state index contributed by atoms with van der Waals surface area (Å²) in [5.74, 6) is 2.30. The van der Waals surface area contributed by atoms with E-state index in [9.17, 15) is 0 Å². The second-order valence-corrected chi connectivity index (χ2v) is 5.84. The normalized spacial score (nSPS) is 19.3. The van der Waals surface area contributed by atoms with Crippen molar-refractivity contribution >= 4 is 0 Å². The van der Waals surface area contributed by atoms with Crippen LogP contribution in [0.1, 0.15) is 24.3 Å². The van der Waals surface area contributed by atoms with Crippen molar-refractivity contribution in [2.24, 2.45) is 5.41 Å². The molecule has 1 aromatic carbocycles. The number of rotatable bonds is 8. The van der Waals surface area contributed by atoms with Gasteiger partial charge in [-0.1, -0.05) is 42.5 Å². The van der Waals surface area contributed by atoms with Crippen LogP contribution in [0.3, 0.4) is 0 Å². The van der Waals surface area contributed by atoms with Gasteiger partial charge in [-0.25, -0.2) is 0 Å². The lowest BCUT2D eigenvalue weighted by atomic mass is 9.71. The van der Waals surface area contributed by atoms with Crippen molar-refractivity contribution in [1.29, 1.82) is 0 Å². The molecule has 0 bridgehead atoms. The molecular formula is C21H26O3. The second-order valence-electron chi connectivity index (χ2n) is 5.84. The molecule has 0 aromatic heterocycles. The lowest BCUT2D eigenvalue weighted by Gasteiger charge is -2.39. The fourth-order valence-corrected chi connectivity index (χ4v) is 3.48. The Morgan fingerprint density at radius 2 is 1.58 bits per heavy atom. The van der Waals surface area contributed by atoms with E-state index in [0.29, 0.717) is 12.8 Å². The Morgan fingerprint density at radius 3 is 2.04 bits per heavy atom. The molecule has 128 valence electrons. The van der Waals surface area contributed by atoms with Crippen molar-refractivity contribution in [3.63, 3.8) is 0 Å². The van der Waals surface area contributed by atoms with Crippen molar-refractivity contribution in [2.45, 2.75) is 18.8 Å². The van der Waals surface area contributed by atoms with Gasteiger partial charge in [-0.15, -0.1) is 13.2 Å². The third-order valence-electron chi connectivity index (χ3n) is 4.45. The van der Waals surface area contributed by atoms with Crippen molar-refractivity contribution in [3.05, 3.63) is 84.6 Å². The standard InChI is InChI=1S/C21H26O3/c1-6-13-21(14-7-2)15-17(22-3)18(16-11-9-8-10-12-16)19(23-4)20(21)24-5/h6-12,15,18H,1-2,13-14H2,3-5H3. The van der Waals surface area contributed by atoms with Crippen molar-refractivity contribution in [2.75, 3.05) is 21.3 Å². The van der Waals surface area contributed by atoms with Crippen LogP contribution in [0.2, 0.25) is 0 Å². The Hall–Kier alpha value is -2.42. The van der Waals surface area contributed by atoms with E-state index in [1.165, 1.54) is 0 Å². The van der Waals surface area contributed by atoms with Gasteiger partial charge in [-0.3, -0.25) is 0 Å². The van der Waals surface area contributed by atoms with Crippen LogP contribution in [0.4, 0.5) is 0 Å². The minimum Gasteiger partial charge on any atom is -0.500 e. The van der Waals surface area contributed by atoms with Crippen LogP contribution in [0.5, 0.6) is 0 Å². The molecule has 0 saturated heterocycles. The third-order valence-corrected chi connectivity index (χ3v) is 4.45. The summed E-state index contributed by atoms with van der Waals surface area (Å²) < 4.78 is 17.4. The van der Waals surface area contributed by atoms with E-state index in [1.807, 2.05) is 30.4 Å². The predicted molar refractivity (Wildman–Crippen MR) is 97.4 cm³/mol. The first-order valence-corrected chi connectivity index (χ1v) is 8.03. The molecule has 3 nitrogen and oxygen atoms in total. The number of hydrogen-bond acceptors (Lipinski definition) is 3. The molecule has 0 amide bonds. The minimum atomic E-state index is -0.389. The van der Waals surface area contributed by atoms with Crippen molar-refractivity contribution in [3.8, 4) is 0 Å². The molecular weight excluding hydrogens is 300 g/mol. The van der Waals surface area contributed by atoms with Crippen molar-refractivity contribution < 1.29 is 14.2 Å². The number of benzene rings is 1.